The highest BCUT2D eigenvalue weighted by Gasteiger charge is 1.99. The van der Waals surface area contributed by atoms with E-state index in [4.69, 9.17) is 5.73 Å². The van der Waals surface area contributed by atoms with Crippen LogP contribution < -0.4 is 5.73 Å². The minimum Gasteiger partial charge on any atom is -0.382 e. The lowest BCUT2D eigenvalue weighted by Crippen LogP contribution is -1.93. The summed E-state index contributed by atoms with van der Waals surface area (Å²) >= 11 is 0. The molecule has 0 saturated carbocycles. The molecule has 0 bridgehead atoms. The van der Waals surface area contributed by atoms with Crippen LogP contribution in [0.1, 0.15) is 5.56 Å². The molecule has 0 atom stereocenters. The van der Waals surface area contributed by atoms with Crippen molar-refractivity contribution in [2.45, 2.75) is 6.92 Å². The molecule has 0 fully saturated rings. The van der Waals surface area contributed by atoms with Gasteiger partial charge in [0.1, 0.15) is 5.82 Å². The van der Waals surface area contributed by atoms with Gasteiger partial charge < -0.3 is 5.73 Å². The third kappa shape index (κ3) is 1.69. The predicted molar refractivity (Wildman–Crippen MR) is 54.4 cm³/mol. The molecular formula is C10H10N4. The first-order chi connectivity index (χ1) is 6.75. The Kier molecular flexibility index (Phi) is 2.10. The Morgan fingerprint density at radius 3 is 2.57 bits per heavy atom. The van der Waals surface area contributed by atoms with Crippen molar-refractivity contribution in [1.29, 1.82) is 0 Å². The van der Waals surface area contributed by atoms with Crippen molar-refractivity contribution >= 4 is 5.82 Å². The van der Waals surface area contributed by atoms with Crippen molar-refractivity contribution in [2.24, 2.45) is 0 Å². The first-order valence-corrected chi connectivity index (χ1v) is 4.25. The van der Waals surface area contributed by atoms with Gasteiger partial charge in [-0.3, -0.25) is 9.97 Å². The van der Waals surface area contributed by atoms with E-state index in [1.807, 2.05) is 13.0 Å². The third-order valence-corrected chi connectivity index (χ3v) is 1.84. The molecule has 70 valence electrons. The number of nitrogens with two attached hydrogens (primary N) is 1. The lowest BCUT2D eigenvalue weighted by Gasteiger charge is -2.00. The van der Waals surface area contributed by atoms with Gasteiger partial charge in [-0.25, -0.2) is 4.98 Å². The molecule has 0 aliphatic carbocycles. The number of nitrogens with zero attached hydrogens (tertiary/aromatic N) is 3. The highest BCUT2D eigenvalue weighted by Crippen LogP contribution is 2.15. The molecule has 0 aliphatic rings. The number of hydrogen-bond donors (Lipinski definition) is 1. The molecule has 4 nitrogen and oxygen atoms in total. The zero-order valence-electron chi connectivity index (χ0n) is 7.81. The monoisotopic (exact) mass is 186 g/mol. The second-order valence-electron chi connectivity index (χ2n) is 3.08. The number of anilines is 1. The van der Waals surface area contributed by atoms with E-state index in [0.717, 1.165) is 16.8 Å². The number of aryl methyl sites for hydroxylation is 1. The highest BCUT2D eigenvalue weighted by atomic mass is 14.9. The van der Waals surface area contributed by atoms with Gasteiger partial charge in [0.2, 0.25) is 0 Å². The molecule has 2 N–H and O–H groups in total. The Morgan fingerprint density at radius 2 is 1.93 bits per heavy atom. The quantitative estimate of drug-likeness (QED) is 0.731. The first-order valence-electron chi connectivity index (χ1n) is 4.25. The Labute approximate surface area is 81.9 Å². The standard InChI is InChI=1S/C10H10N4/c1-7-2-8(4-12-3-7)9-5-14-10(11)6-13-9/h2-6H,1H3,(H2,11,14). The van der Waals surface area contributed by atoms with Crippen molar-refractivity contribution in [1.82, 2.24) is 15.0 Å². The third-order valence-electron chi connectivity index (χ3n) is 1.84. The summed E-state index contributed by atoms with van der Waals surface area (Å²) in [6.07, 6.45) is 6.74. The number of rotatable bonds is 1. The van der Waals surface area contributed by atoms with Crippen molar-refractivity contribution in [3.05, 3.63) is 36.4 Å². The fourth-order valence-corrected chi connectivity index (χ4v) is 1.18. The highest BCUT2D eigenvalue weighted by molar-refractivity contribution is 5.57. The summed E-state index contributed by atoms with van der Waals surface area (Å²) in [5.41, 5.74) is 8.29. The van der Waals surface area contributed by atoms with Crippen LogP contribution in [0.15, 0.2) is 30.9 Å². The summed E-state index contributed by atoms with van der Waals surface area (Å²) in [6.45, 7) is 1.99. The normalized spacial score (nSPS) is 10.1. The number of nitrogen functional groups attached to an aromatic ring is 1. The zero-order chi connectivity index (χ0) is 9.97. The molecular weight excluding hydrogens is 176 g/mol. The fraction of sp³-hybridized carbons (Fsp3) is 0.100. The maximum atomic E-state index is 5.45. The van der Waals surface area contributed by atoms with Gasteiger partial charge in [-0.1, -0.05) is 0 Å². The van der Waals surface area contributed by atoms with E-state index in [2.05, 4.69) is 15.0 Å². The van der Waals surface area contributed by atoms with E-state index >= 15 is 0 Å². The number of aromatic nitrogens is 3. The second-order valence-corrected chi connectivity index (χ2v) is 3.08. The maximum Gasteiger partial charge on any atom is 0.141 e. The van der Waals surface area contributed by atoms with Crippen LogP contribution in [-0.4, -0.2) is 15.0 Å². The molecule has 0 spiro atoms. The summed E-state index contributed by atoms with van der Waals surface area (Å²) in [4.78, 5) is 12.2. The average Bonchev–Trinajstić information content (AvgIpc) is 2.19. The minimum absolute atomic E-state index is 0.425. The molecule has 2 aromatic rings. The van der Waals surface area contributed by atoms with E-state index in [-0.39, 0.29) is 0 Å². The summed E-state index contributed by atoms with van der Waals surface area (Å²) in [5, 5.41) is 0. The summed E-state index contributed by atoms with van der Waals surface area (Å²) in [7, 11) is 0. The molecule has 0 saturated heterocycles. The van der Waals surface area contributed by atoms with Crippen molar-refractivity contribution in [3.8, 4) is 11.3 Å². The van der Waals surface area contributed by atoms with E-state index in [0.29, 0.717) is 5.82 Å². The van der Waals surface area contributed by atoms with Gasteiger partial charge in [0.25, 0.3) is 0 Å². The van der Waals surface area contributed by atoms with Crippen LogP contribution in [0.2, 0.25) is 0 Å². The molecule has 0 aromatic carbocycles. The largest absolute Gasteiger partial charge is 0.382 e. The van der Waals surface area contributed by atoms with Gasteiger partial charge in [0.05, 0.1) is 18.1 Å². The van der Waals surface area contributed by atoms with Crippen LogP contribution in [-0.2, 0) is 0 Å². The fourth-order valence-electron chi connectivity index (χ4n) is 1.18. The topological polar surface area (TPSA) is 64.7 Å². The first kappa shape index (κ1) is 8.62. The Morgan fingerprint density at radius 1 is 1.07 bits per heavy atom. The van der Waals surface area contributed by atoms with Crippen LogP contribution in [0, 0.1) is 6.92 Å². The molecule has 0 amide bonds. The summed E-state index contributed by atoms with van der Waals surface area (Å²) in [5.74, 6) is 0.425. The molecule has 2 rings (SSSR count). The van der Waals surface area contributed by atoms with Gasteiger partial charge in [-0.2, -0.15) is 0 Å². The van der Waals surface area contributed by atoms with Crippen LogP contribution in [0.5, 0.6) is 0 Å². The lowest BCUT2D eigenvalue weighted by molar-refractivity contribution is 1.19. The average molecular weight is 186 g/mol. The number of pyridine rings is 1. The lowest BCUT2D eigenvalue weighted by atomic mass is 10.2. The maximum absolute atomic E-state index is 5.45. The second kappa shape index (κ2) is 3.41. The molecule has 2 heterocycles. The van der Waals surface area contributed by atoms with Crippen LogP contribution in [0.4, 0.5) is 5.82 Å². The van der Waals surface area contributed by atoms with Gasteiger partial charge in [-0.15, -0.1) is 0 Å². The van der Waals surface area contributed by atoms with Gasteiger partial charge in [0.15, 0.2) is 0 Å². The van der Waals surface area contributed by atoms with E-state index in [1.54, 1.807) is 18.6 Å². The molecule has 0 aliphatic heterocycles. The smallest absolute Gasteiger partial charge is 0.141 e. The van der Waals surface area contributed by atoms with Crippen molar-refractivity contribution in [2.75, 3.05) is 5.73 Å². The van der Waals surface area contributed by atoms with E-state index in [9.17, 15) is 0 Å². The summed E-state index contributed by atoms with van der Waals surface area (Å²) < 4.78 is 0. The molecule has 14 heavy (non-hydrogen) atoms. The van der Waals surface area contributed by atoms with Gasteiger partial charge in [0, 0.05) is 18.0 Å². The van der Waals surface area contributed by atoms with Gasteiger partial charge in [-0.05, 0) is 18.6 Å². The van der Waals surface area contributed by atoms with Crippen LogP contribution in [0.25, 0.3) is 11.3 Å². The van der Waals surface area contributed by atoms with E-state index in [1.165, 1.54) is 6.20 Å². The molecule has 0 unspecified atom stereocenters. The molecule has 4 heteroatoms. The Hall–Kier alpha value is -1.97. The minimum atomic E-state index is 0.425. The molecule has 2 aromatic heterocycles. The van der Waals surface area contributed by atoms with E-state index < -0.39 is 0 Å². The van der Waals surface area contributed by atoms with Crippen molar-refractivity contribution < 1.29 is 0 Å². The Bertz CT molecular complexity index is 436. The Balaban J connectivity index is 2.44. The van der Waals surface area contributed by atoms with Crippen LogP contribution in [0.3, 0.4) is 0 Å². The van der Waals surface area contributed by atoms with Crippen molar-refractivity contribution in [3.63, 3.8) is 0 Å². The SMILES string of the molecule is Cc1cncc(-c2cnc(N)cn2)c1. The summed E-state index contributed by atoms with van der Waals surface area (Å²) in [6, 6.07) is 2.01. The van der Waals surface area contributed by atoms with Crippen LogP contribution >= 0.6 is 0 Å². The predicted octanol–water partition coefficient (Wildman–Crippen LogP) is 1.43. The number of hydrogen-bond acceptors (Lipinski definition) is 4. The zero-order valence-corrected chi connectivity index (χ0v) is 7.81. The molecule has 0 radical (unpaired) electrons. The van der Waals surface area contributed by atoms with Gasteiger partial charge >= 0.3 is 0 Å².